The van der Waals surface area contributed by atoms with E-state index in [0.717, 1.165) is 4.31 Å². The van der Waals surface area contributed by atoms with Gasteiger partial charge in [0.15, 0.2) is 6.10 Å². The van der Waals surface area contributed by atoms with Gasteiger partial charge in [0.1, 0.15) is 0 Å². The fourth-order valence-corrected chi connectivity index (χ4v) is 2.76. The van der Waals surface area contributed by atoms with E-state index in [-0.39, 0.29) is 16.4 Å². The van der Waals surface area contributed by atoms with E-state index < -0.39 is 22.1 Å². The van der Waals surface area contributed by atoms with Crippen LogP contribution in [0, 0.1) is 6.92 Å². The van der Waals surface area contributed by atoms with Gasteiger partial charge in [0.25, 0.3) is 5.91 Å². The highest BCUT2D eigenvalue weighted by Gasteiger charge is 2.24. The van der Waals surface area contributed by atoms with Crippen molar-refractivity contribution < 1.29 is 22.7 Å². The molecule has 0 bridgehead atoms. The highest BCUT2D eigenvalue weighted by Crippen LogP contribution is 2.19. The van der Waals surface area contributed by atoms with Crippen LogP contribution < -0.4 is 0 Å². The molecule has 1 atom stereocenters. The Hall–Kier alpha value is -1.93. The normalized spacial score (nSPS) is 12.8. The first-order valence-electron chi connectivity index (χ1n) is 6.93. The second-order valence-corrected chi connectivity index (χ2v) is 7.70. The molecule has 0 unspecified atom stereocenters. The highest BCUT2D eigenvalue weighted by molar-refractivity contribution is 7.89. The van der Waals surface area contributed by atoms with Crippen LogP contribution in [0.4, 0.5) is 0 Å². The summed E-state index contributed by atoms with van der Waals surface area (Å²) < 4.78 is 30.5. The van der Waals surface area contributed by atoms with Gasteiger partial charge in [-0.2, -0.15) is 0 Å². The van der Waals surface area contributed by atoms with Crippen molar-refractivity contribution >= 4 is 21.9 Å². The Balaban J connectivity index is 3.14. The maximum Gasteiger partial charge on any atom is 0.339 e. The molecule has 0 saturated carbocycles. The molecular formula is C15H22N2O5S. The van der Waals surface area contributed by atoms with Gasteiger partial charge in [-0.25, -0.2) is 17.5 Å². The first kappa shape index (κ1) is 19.1. The molecule has 0 aliphatic rings. The van der Waals surface area contributed by atoms with Gasteiger partial charge in [0, 0.05) is 28.2 Å². The summed E-state index contributed by atoms with van der Waals surface area (Å²) in [6, 6.07) is 4.22. The fourth-order valence-electron chi connectivity index (χ4n) is 1.83. The number of carbonyl (C=O) groups is 2. The number of hydrogen-bond acceptors (Lipinski definition) is 5. The summed E-state index contributed by atoms with van der Waals surface area (Å²) in [5.41, 5.74) is 0.684. The van der Waals surface area contributed by atoms with Crippen LogP contribution in [0.15, 0.2) is 23.1 Å². The lowest BCUT2D eigenvalue weighted by atomic mass is 10.1. The number of sulfonamides is 1. The minimum atomic E-state index is -3.66. The Morgan fingerprint density at radius 3 is 2.17 bits per heavy atom. The number of rotatable bonds is 5. The molecule has 0 aromatic heterocycles. The largest absolute Gasteiger partial charge is 0.449 e. The van der Waals surface area contributed by atoms with E-state index in [4.69, 9.17) is 4.74 Å². The molecule has 23 heavy (non-hydrogen) atoms. The van der Waals surface area contributed by atoms with Crippen molar-refractivity contribution in [1.82, 2.24) is 9.21 Å². The van der Waals surface area contributed by atoms with Crippen LogP contribution in [0.5, 0.6) is 0 Å². The van der Waals surface area contributed by atoms with Crippen LogP contribution in [0.3, 0.4) is 0 Å². The Kier molecular flexibility index (Phi) is 5.90. The average molecular weight is 342 g/mol. The van der Waals surface area contributed by atoms with Crippen molar-refractivity contribution in [2.75, 3.05) is 28.2 Å². The zero-order valence-electron chi connectivity index (χ0n) is 14.2. The van der Waals surface area contributed by atoms with Crippen molar-refractivity contribution in [3.05, 3.63) is 29.3 Å². The molecule has 0 spiro atoms. The topological polar surface area (TPSA) is 84.0 Å². The van der Waals surface area contributed by atoms with E-state index in [2.05, 4.69) is 0 Å². The summed E-state index contributed by atoms with van der Waals surface area (Å²) in [5, 5.41) is 0. The SMILES string of the molecule is Cc1ccc(S(=O)(=O)N(C)C)cc1C(=O)O[C@@H](C)C(=O)N(C)C. The van der Waals surface area contributed by atoms with E-state index in [1.54, 1.807) is 21.0 Å². The number of likely N-dealkylation sites (N-methyl/N-ethyl adjacent to an activating group) is 1. The maximum atomic E-state index is 12.3. The number of ether oxygens (including phenoxy) is 1. The molecule has 128 valence electrons. The van der Waals surface area contributed by atoms with Crippen molar-refractivity contribution in [3.8, 4) is 0 Å². The van der Waals surface area contributed by atoms with E-state index in [9.17, 15) is 18.0 Å². The molecule has 1 amide bonds. The Morgan fingerprint density at radius 1 is 1.13 bits per heavy atom. The average Bonchev–Trinajstić information content (AvgIpc) is 2.45. The number of carbonyl (C=O) groups excluding carboxylic acids is 2. The van der Waals surface area contributed by atoms with Crippen LogP contribution in [-0.2, 0) is 19.6 Å². The summed E-state index contributed by atoms with van der Waals surface area (Å²) in [5.74, 6) is -1.09. The van der Waals surface area contributed by atoms with Gasteiger partial charge in [-0.1, -0.05) is 6.07 Å². The lowest BCUT2D eigenvalue weighted by Crippen LogP contribution is -2.35. The van der Waals surface area contributed by atoms with Gasteiger partial charge in [0.05, 0.1) is 10.5 Å². The number of aryl methyl sites for hydroxylation is 1. The highest BCUT2D eigenvalue weighted by atomic mass is 32.2. The Labute approximate surface area is 136 Å². The molecule has 0 aliphatic carbocycles. The van der Waals surface area contributed by atoms with E-state index in [1.807, 2.05) is 0 Å². The lowest BCUT2D eigenvalue weighted by molar-refractivity contribution is -0.137. The number of esters is 1. The van der Waals surface area contributed by atoms with Gasteiger partial charge >= 0.3 is 5.97 Å². The molecule has 1 aromatic carbocycles. The van der Waals surface area contributed by atoms with Crippen molar-refractivity contribution in [2.24, 2.45) is 0 Å². The monoisotopic (exact) mass is 342 g/mol. The third kappa shape index (κ3) is 4.29. The molecule has 7 nitrogen and oxygen atoms in total. The summed E-state index contributed by atoms with van der Waals surface area (Å²) in [6.07, 6.45) is -0.953. The van der Waals surface area contributed by atoms with Crippen LogP contribution in [0.25, 0.3) is 0 Å². The molecule has 0 fully saturated rings. The molecule has 0 aliphatic heterocycles. The third-order valence-corrected chi connectivity index (χ3v) is 5.09. The number of benzene rings is 1. The number of hydrogen-bond donors (Lipinski definition) is 0. The molecule has 1 aromatic rings. The predicted molar refractivity (Wildman–Crippen MR) is 85.6 cm³/mol. The zero-order chi connectivity index (χ0) is 17.9. The molecule has 0 saturated heterocycles. The van der Waals surface area contributed by atoms with Crippen LogP contribution in [0.2, 0.25) is 0 Å². The molecule has 0 heterocycles. The summed E-state index contributed by atoms with van der Waals surface area (Å²) in [6.45, 7) is 3.14. The Morgan fingerprint density at radius 2 is 1.70 bits per heavy atom. The first-order chi connectivity index (χ1) is 10.5. The standard InChI is InChI=1S/C15H22N2O5S/c1-10-7-8-12(23(20,21)17(5)6)9-13(10)15(19)22-11(2)14(18)16(3)4/h7-9,11H,1-6H3/t11-/m0/s1. The third-order valence-electron chi connectivity index (χ3n) is 3.28. The summed E-state index contributed by atoms with van der Waals surface area (Å²) in [7, 11) is 2.27. The molecule has 1 rings (SSSR count). The quantitative estimate of drug-likeness (QED) is 0.742. The maximum absolute atomic E-state index is 12.3. The number of amides is 1. The second-order valence-electron chi connectivity index (χ2n) is 5.54. The Bertz CT molecular complexity index is 711. The van der Waals surface area contributed by atoms with Gasteiger partial charge in [0.2, 0.25) is 10.0 Å². The van der Waals surface area contributed by atoms with E-state index in [0.29, 0.717) is 5.56 Å². The minimum Gasteiger partial charge on any atom is -0.449 e. The fraction of sp³-hybridized carbons (Fsp3) is 0.467. The van der Waals surface area contributed by atoms with Crippen molar-refractivity contribution in [2.45, 2.75) is 24.8 Å². The smallest absolute Gasteiger partial charge is 0.339 e. The van der Waals surface area contributed by atoms with Gasteiger partial charge in [-0.15, -0.1) is 0 Å². The van der Waals surface area contributed by atoms with Crippen LogP contribution in [0.1, 0.15) is 22.8 Å². The van der Waals surface area contributed by atoms with E-state index in [1.165, 1.54) is 44.1 Å². The van der Waals surface area contributed by atoms with Crippen molar-refractivity contribution in [1.29, 1.82) is 0 Å². The molecule has 0 N–H and O–H groups in total. The van der Waals surface area contributed by atoms with Crippen molar-refractivity contribution in [3.63, 3.8) is 0 Å². The molecular weight excluding hydrogens is 320 g/mol. The first-order valence-corrected chi connectivity index (χ1v) is 8.37. The predicted octanol–water partition coefficient (Wildman–Crippen LogP) is 0.879. The lowest BCUT2D eigenvalue weighted by Gasteiger charge is -2.18. The second kappa shape index (κ2) is 7.10. The van der Waals surface area contributed by atoms with Gasteiger partial charge < -0.3 is 9.64 Å². The minimum absolute atomic E-state index is 0.00774. The zero-order valence-corrected chi connectivity index (χ0v) is 15.0. The van der Waals surface area contributed by atoms with E-state index >= 15 is 0 Å². The van der Waals surface area contributed by atoms with Crippen LogP contribution in [-0.4, -0.2) is 63.8 Å². The van der Waals surface area contributed by atoms with Gasteiger partial charge in [-0.05, 0) is 31.5 Å². The molecule has 0 radical (unpaired) electrons. The summed E-state index contributed by atoms with van der Waals surface area (Å²) in [4.78, 5) is 25.3. The number of nitrogens with zero attached hydrogens (tertiary/aromatic N) is 2. The van der Waals surface area contributed by atoms with Crippen LogP contribution >= 0.6 is 0 Å². The molecule has 8 heteroatoms. The van der Waals surface area contributed by atoms with Gasteiger partial charge in [-0.3, -0.25) is 4.79 Å². The summed E-state index contributed by atoms with van der Waals surface area (Å²) >= 11 is 0.